The van der Waals surface area contributed by atoms with Crippen LogP contribution in [0.2, 0.25) is 0 Å². The number of aliphatic hydroxyl groups excluding tert-OH is 1. The lowest BCUT2D eigenvalue weighted by Gasteiger charge is -2.24. The molecule has 1 amide bonds. The molecule has 0 radical (unpaired) electrons. The van der Waals surface area contributed by atoms with Gasteiger partial charge in [0.1, 0.15) is 5.58 Å². The molecule has 3 atom stereocenters. The topological polar surface area (TPSA) is 94.3 Å². The van der Waals surface area contributed by atoms with Crippen LogP contribution >= 0.6 is 0 Å². The maximum atomic E-state index is 12.0. The number of benzene rings is 2. The smallest absolute Gasteiger partial charge is 0.224 e. The Bertz CT molecular complexity index is 1270. The number of hydrogen-bond donors (Lipinski definition) is 2. The van der Waals surface area contributed by atoms with Gasteiger partial charge in [0.2, 0.25) is 5.91 Å². The van der Waals surface area contributed by atoms with Gasteiger partial charge in [-0.1, -0.05) is 24.3 Å². The molecule has 0 aliphatic carbocycles. The number of carbonyl (C=O) groups is 1. The fraction of sp³-hybridized carbons (Fsp3) is 0.250. The number of nitrogens with zero attached hydrogens (tertiary/aromatic N) is 2. The molecular formula is C24H23N3O3. The molecule has 4 aromatic rings. The van der Waals surface area contributed by atoms with Gasteiger partial charge in [0.15, 0.2) is 0 Å². The predicted octanol–water partition coefficient (Wildman–Crippen LogP) is 4.22. The van der Waals surface area contributed by atoms with Crippen LogP contribution in [0.4, 0.5) is 0 Å². The fourth-order valence-corrected chi connectivity index (χ4v) is 4.78. The van der Waals surface area contributed by atoms with E-state index in [0.717, 1.165) is 27.8 Å². The second-order valence-electron chi connectivity index (χ2n) is 8.00. The van der Waals surface area contributed by atoms with E-state index in [9.17, 15) is 9.90 Å². The molecule has 0 saturated carbocycles. The Balaban J connectivity index is 1.61. The van der Waals surface area contributed by atoms with Gasteiger partial charge in [-0.3, -0.25) is 4.79 Å². The van der Waals surface area contributed by atoms with E-state index in [2.05, 4.69) is 21.7 Å². The van der Waals surface area contributed by atoms with E-state index in [1.807, 2.05) is 43.7 Å². The molecule has 6 nitrogen and oxygen atoms in total. The highest BCUT2D eigenvalue weighted by Gasteiger charge is 2.32. The minimum absolute atomic E-state index is 0.0371. The van der Waals surface area contributed by atoms with Gasteiger partial charge in [-0.25, -0.2) is 4.98 Å². The number of fused-ring (bicyclic) bond motifs is 4. The Hall–Kier alpha value is -3.38. The van der Waals surface area contributed by atoms with Crippen LogP contribution < -0.4 is 5.73 Å². The van der Waals surface area contributed by atoms with Crippen molar-refractivity contribution in [3.8, 4) is 11.3 Å². The molecule has 2 unspecified atom stereocenters. The normalized spacial score (nSPS) is 17.0. The zero-order valence-electron chi connectivity index (χ0n) is 16.9. The van der Waals surface area contributed by atoms with Crippen molar-refractivity contribution in [2.45, 2.75) is 38.3 Å². The Morgan fingerprint density at radius 3 is 2.93 bits per heavy atom. The first-order valence-electron chi connectivity index (χ1n) is 10.1. The van der Waals surface area contributed by atoms with Gasteiger partial charge in [0.05, 0.1) is 42.5 Å². The van der Waals surface area contributed by atoms with Gasteiger partial charge >= 0.3 is 0 Å². The number of hydrogen-bond acceptors (Lipinski definition) is 4. The average Bonchev–Trinajstić information content (AvgIpc) is 3.45. The number of furan rings is 1. The van der Waals surface area contributed by atoms with Gasteiger partial charge in [0.25, 0.3) is 0 Å². The van der Waals surface area contributed by atoms with Crippen molar-refractivity contribution >= 4 is 16.9 Å². The summed E-state index contributed by atoms with van der Waals surface area (Å²) in [5.41, 5.74) is 12.0. The molecule has 2 aromatic carbocycles. The summed E-state index contributed by atoms with van der Waals surface area (Å²) >= 11 is 0. The van der Waals surface area contributed by atoms with Gasteiger partial charge in [-0.05, 0) is 48.2 Å². The van der Waals surface area contributed by atoms with E-state index in [4.69, 9.17) is 10.2 Å². The minimum Gasteiger partial charge on any atom is -0.464 e. The molecule has 0 fully saturated rings. The van der Waals surface area contributed by atoms with Crippen molar-refractivity contribution in [2.24, 2.45) is 5.73 Å². The third kappa shape index (κ3) is 2.68. The Kier molecular flexibility index (Phi) is 4.25. The molecule has 3 heterocycles. The first-order valence-corrected chi connectivity index (χ1v) is 10.1. The highest BCUT2D eigenvalue weighted by Crippen LogP contribution is 2.44. The molecule has 5 rings (SSSR count). The van der Waals surface area contributed by atoms with Crippen molar-refractivity contribution < 1.29 is 14.3 Å². The monoisotopic (exact) mass is 401 g/mol. The van der Waals surface area contributed by atoms with Crippen molar-refractivity contribution in [3.05, 3.63) is 77.4 Å². The number of aryl methyl sites for hydroxylation is 1. The average molecular weight is 401 g/mol. The van der Waals surface area contributed by atoms with E-state index in [1.165, 1.54) is 5.56 Å². The summed E-state index contributed by atoms with van der Waals surface area (Å²) in [5, 5.41) is 12.4. The molecule has 30 heavy (non-hydrogen) atoms. The third-order valence-corrected chi connectivity index (χ3v) is 6.37. The number of carbonyl (C=O) groups excluding carboxylic acids is 1. The van der Waals surface area contributed by atoms with Crippen LogP contribution in [-0.2, 0) is 4.79 Å². The number of rotatable bonds is 5. The molecule has 152 valence electrons. The van der Waals surface area contributed by atoms with E-state index in [0.29, 0.717) is 17.6 Å². The molecule has 0 spiro atoms. The van der Waals surface area contributed by atoms with Crippen molar-refractivity contribution in [3.63, 3.8) is 0 Å². The number of aliphatic hydroxyl groups is 1. The zero-order valence-corrected chi connectivity index (χ0v) is 16.9. The zero-order chi connectivity index (χ0) is 21.0. The standard InChI is InChI=1S/C24H23N3O3/c1-13-15-7-8-30-22(15)9-18(14(2)24(25)29)23(13)21(28)10-19-16-5-3-4-6-17(16)20-11-26-12-27(19)20/h3-9,11-12,14,19,21,28H,10H2,1-2H3,(H2,25,29)/t14-,19?,21?/m1/s1. The summed E-state index contributed by atoms with van der Waals surface area (Å²) in [6.07, 6.45) is 4.97. The number of primary amides is 1. The SMILES string of the molecule is Cc1c(C(O)CC2c3ccccc3-c3cncn32)c([C@@H](C)C(N)=O)cc2occc12. The molecule has 0 saturated heterocycles. The summed E-state index contributed by atoms with van der Waals surface area (Å²) in [6, 6.07) is 11.9. The summed E-state index contributed by atoms with van der Waals surface area (Å²) in [7, 11) is 0. The third-order valence-electron chi connectivity index (χ3n) is 6.37. The van der Waals surface area contributed by atoms with Crippen LogP contribution in [0.15, 0.2) is 59.6 Å². The van der Waals surface area contributed by atoms with Gasteiger partial charge < -0.3 is 19.8 Å². The number of imidazole rings is 1. The van der Waals surface area contributed by atoms with Crippen LogP contribution in [0.5, 0.6) is 0 Å². The van der Waals surface area contributed by atoms with Crippen LogP contribution in [0.3, 0.4) is 0 Å². The van der Waals surface area contributed by atoms with E-state index in [-0.39, 0.29) is 6.04 Å². The summed E-state index contributed by atoms with van der Waals surface area (Å²) in [6.45, 7) is 3.72. The van der Waals surface area contributed by atoms with Gasteiger partial charge in [-0.2, -0.15) is 0 Å². The van der Waals surface area contributed by atoms with Crippen molar-refractivity contribution in [2.75, 3.05) is 0 Å². The molecule has 3 N–H and O–H groups in total. The van der Waals surface area contributed by atoms with Crippen LogP contribution in [0, 0.1) is 6.92 Å². The Morgan fingerprint density at radius 1 is 1.33 bits per heavy atom. The number of amides is 1. The van der Waals surface area contributed by atoms with E-state index >= 15 is 0 Å². The highest BCUT2D eigenvalue weighted by molar-refractivity contribution is 5.88. The largest absolute Gasteiger partial charge is 0.464 e. The second-order valence-corrected chi connectivity index (χ2v) is 8.00. The first-order chi connectivity index (χ1) is 14.5. The molecule has 1 aliphatic heterocycles. The van der Waals surface area contributed by atoms with Crippen molar-refractivity contribution in [1.29, 1.82) is 0 Å². The van der Waals surface area contributed by atoms with Crippen LogP contribution in [0.1, 0.15) is 53.7 Å². The lowest BCUT2D eigenvalue weighted by atomic mass is 9.85. The maximum absolute atomic E-state index is 12.0. The second kappa shape index (κ2) is 6.85. The summed E-state index contributed by atoms with van der Waals surface area (Å²) < 4.78 is 7.68. The molecular weight excluding hydrogens is 378 g/mol. The van der Waals surface area contributed by atoms with Crippen LogP contribution in [-0.4, -0.2) is 20.6 Å². The molecule has 6 heteroatoms. The quantitative estimate of drug-likeness (QED) is 0.523. The Morgan fingerprint density at radius 2 is 2.13 bits per heavy atom. The lowest BCUT2D eigenvalue weighted by Crippen LogP contribution is -2.22. The van der Waals surface area contributed by atoms with Crippen molar-refractivity contribution in [1.82, 2.24) is 9.55 Å². The fourth-order valence-electron chi connectivity index (χ4n) is 4.78. The maximum Gasteiger partial charge on any atom is 0.224 e. The lowest BCUT2D eigenvalue weighted by molar-refractivity contribution is -0.119. The number of aromatic nitrogens is 2. The summed E-state index contributed by atoms with van der Waals surface area (Å²) in [4.78, 5) is 16.3. The predicted molar refractivity (Wildman–Crippen MR) is 114 cm³/mol. The summed E-state index contributed by atoms with van der Waals surface area (Å²) in [5.74, 6) is -0.973. The van der Waals surface area contributed by atoms with E-state index < -0.39 is 17.9 Å². The molecule has 2 aromatic heterocycles. The first kappa shape index (κ1) is 18.6. The Labute approximate surface area is 174 Å². The molecule has 0 bridgehead atoms. The van der Waals surface area contributed by atoms with Crippen LogP contribution in [0.25, 0.3) is 22.2 Å². The highest BCUT2D eigenvalue weighted by atomic mass is 16.3. The number of nitrogens with two attached hydrogens (primary N) is 1. The van der Waals surface area contributed by atoms with Gasteiger partial charge in [-0.15, -0.1) is 0 Å². The van der Waals surface area contributed by atoms with E-state index in [1.54, 1.807) is 13.2 Å². The van der Waals surface area contributed by atoms with Gasteiger partial charge in [0, 0.05) is 17.4 Å². The molecule has 1 aliphatic rings. The minimum atomic E-state index is -0.785.